The van der Waals surface area contributed by atoms with E-state index in [-0.39, 0.29) is 83.0 Å². The summed E-state index contributed by atoms with van der Waals surface area (Å²) in [5.74, 6) is -9.80. The number of nitrogens with one attached hydrogen (secondary N) is 8. The largest absolute Gasteiger partial charge is 0.370 e. The van der Waals surface area contributed by atoms with Gasteiger partial charge in [-0.05, 0) is 119 Å². The van der Waals surface area contributed by atoms with Crippen LogP contribution >= 0.6 is 11.8 Å². The first-order chi connectivity index (χ1) is 45.2. The molecule has 0 aliphatic carbocycles. The van der Waals surface area contributed by atoms with E-state index in [1.807, 2.05) is 20.1 Å². The van der Waals surface area contributed by atoms with Gasteiger partial charge >= 0.3 is 0 Å². The predicted octanol–water partition coefficient (Wildman–Crippen LogP) is -3.71. The molecule has 10 atom stereocenters. The van der Waals surface area contributed by atoms with E-state index >= 15 is 0 Å². The van der Waals surface area contributed by atoms with Gasteiger partial charge in [-0.1, -0.05) is 74.5 Å². The lowest BCUT2D eigenvalue weighted by Gasteiger charge is -2.32. The Morgan fingerprint density at radius 2 is 1.01 bits per heavy atom. The summed E-state index contributed by atoms with van der Waals surface area (Å²) in [4.78, 5) is 185. The lowest BCUT2D eigenvalue weighted by atomic mass is 10.0. The van der Waals surface area contributed by atoms with Gasteiger partial charge < -0.3 is 92.5 Å². The molecule has 0 radical (unpaired) electrons. The summed E-state index contributed by atoms with van der Waals surface area (Å²) in [7, 11) is 0. The zero-order valence-corrected chi connectivity index (χ0v) is 55.3. The van der Waals surface area contributed by atoms with E-state index in [4.69, 9.17) is 40.1 Å². The van der Waals surface area contributed by atoms with Gasteiger partial charge in [0, 0.05) is 45.3 Å². The maximum Gasteiger partial charge on any atom is 0.245 e. The molecule has 0 unspecified atom stereocenters. The number of rotatable bonds is 42. The number of benzene rings is 2. The molecule has 2 aromatic carbocycles. The van der Waals surface area contributed by atoms with Crippen molar-refractivity contribution in [3.8, 4) is 0 Å². The van der Waals surface area contributed by atoms with Gasteiger partial charge in [0.2, 0.25) is 76.8 Å². The fraction of sp³-hybridized carbons (Fsp3) is 0.587. The molecular formula is C63H98N18O13S. The van der Waals surface area contributed by atoms with Gasteiger partial charge in [0.1, 0.15) is 54.4 Å². The van der Waals surface area contributed by atoms with Gasteiger partial charge in [0.25, 0.3) is 0 Å². The van der Waals surface area contributed by atoms with E-state index in [0.717, 1.165) is 0 Å². The number of unbranched alkanes of at least 4 members (excludes halogenated alkanes) is 1. The Morgan fingerprint density at radius 1 is 0.537 bits per heavy atom. The van der Waals surface area contributed by atoms with Crippen molar-refractivity contribution >= 4 is 94.5 Å². The first-order valence-corrected chi connectivity index (χ1v) is 33.6. The Morgan fingerprint density at radius 3 is 1.51 bits per heavy atom. The average Bonchev–Trinajstić information content (AvgIpc) is 1.74. The standard InChI is InChI=1S/C63H98N18O13S/c1-37(2)33-45(57(89)74-41(53(68)85)27-32-95-3)73-52(84)36-72-54(86)46(34-38-15-6-4-7-16-38)78-58(90)47(35-39-17-8-5-9-18-39)79-56(88)42(23-25-50(66)82)75-55(87)43(24-26-51(67)83)76-59(91)49-22-14-31-81(49)62(94)44(20-10-11-28-64)77-60(92)48-21-13-30-80(48)61(93)40(65)19-12-29-71-63(69)70/h4-9,15-18,37,40-49H,10-14,19-36,64-65H2,1-3H3,(H2,66,82)(H2,67,83)(H2,68,85)(H,72,86)(H,73,84)(H,74,89)(H,75,87)(H,76,91)(H,77,92)(H,78,90)(H,79,88)(H4,69,70,71)/t40-,41+,42-,43-,44-,45-,46-,47+,48+,49-/m1/s1. The second-order valence-electron chi connectivity index (χ2n) is 24.1. The lowest BCUT2D eigenvalue weighted by molar-refractivity contribution is -0.144. The number of guanidine groups is 1. The molecule has 2 heterocycles. The Hall–Kier alpha value is -8.91. The van der Waals surface area contributed by atoms with E-state index < -0.39 is 169 Å². The molecule has 4 rings (SSSR count). The normalized spacial score (nSPS) is 16.8. The summed E-state index contributed by atoms with van der Waals surface area (Å²) in [5.41, 5.74) is 40.6. The van der Waals surface area contributed by atoms with Crippen molar-refractivity contribution < 1.29 is 62.3 Å². The summed E-state index contributed by atoms with van der Waals surface area (Å²) in [6.45, 7) is 3.86. The van der Waals surface area contributed by atoms with Crippen molar-refractivity contribution in [2.24, 2.45) is 51.0 Å². The molecule has 31 nitrogen and oxygen atoms in total. The number of amides is 13. The molecule has 2 saturated heterocycles. The number of likely N-dealkylation sites (tertiary alicyclic amines) is 2. The molecule has 524 valence electrons. The number of primary amides is 3. The smallest absolute Gasteiger partial charge is 0.245 e. The third-order valence-electron chi connectivity index (χ3n) is 16.0. The Labute approximate surface area is 558 Å². The fourth-order valence-corrected chi connectivity index (χ4v) is 11.5. The first-order valence-electron chi connectivity index (χ1n) is 32.2. The number of nitrogens with zero attached hydrogens (tertiary/aromatic N) is 3. The number of aliphatic imine (C=N–C) groups is 1. The van der Waals surface area contributed by atoms with Gasteiger partial charge in [0.05, 0.1) is 12.6 Å². The molecule has 32 heteroatoms. The van der Waals surface area contributed by atoms with Crippen LogP contribution in [-0.2, 0) is 75.2 Å². The molecule has 95 heavy (non-hydrogen) atoms. The van der Waals surface area contributed by atoms with Crippen molar-refractivity contribution in [3.05, 3.63) is 71.8 Å². The number of carbonyl (C=O) groups excluding carboxylic acids is 13. The fourth-order valence-electron chi connectivity index (χ4n) is 11.0. The van der Waals surface area contributed by atoms with Crippen molar-refractivity contribution in [2.75, 3.05) is 44.7 Å². The maximum absolute atomic E-state index is 14.7. The second kappa shape index (κ2) is 41.0. The number of carbonyl (C=O) groups is 13. The lowest BCUT2D eigenvalue weighted by Crippen LogP contribution is -2.60. The Bertz CT molecular complexity index is 2960. The van der Waals surface area contributed by atoms with Crippen LogP contribution in [0.2, 0.25) is 0 Å². The van der Waals surface area contributed by atoms with Crippen LogP contribution in [0, 0.1) is 5.92 Å². The second-order valence-corrected chi connectivity index (χ2v) is 25.1. The SMILES string of the molecule is CSCC[C@H](NC(=O)[C@@H](CC(C)C)NC(=O)CNC(=O)[C@@H](Cc1ccccc1)NC(=O)[C@H](Cc1ccccc1)NC(=O)[C@@H](CCC(N)=O)NC(=O)[C@@H](CCC(N)=O)NC(=O)[C@H]1CCCN1C(=O)[C@@H](CCCCN)NC(=O)[C@@H]1CCCN1C(=O)[C@H](N)CCCN=C(N)N)C(N)=O. The predicted molar refractivity (Wildman–Crippen MR) is 356 cm³/mol. The van der Waals surface area contributed by atoms with E-state index in [2.05, 4.69) is 47.5 Å². The minimum Gasteiger partial charge on any atom is -0.370 e. The van der Waals surface area contributed by atoms with Crippen LogP contribution in [0.4, 0.5) is 0 Å². The van der Waals surface area contributed by atoms with E-state index in [9.17, 15) is 62.3 Å². The molecule has 13 amide bonds. The van der Waals surface area contributed by atoms with Crippen LogP contribution in [-0.4, -0.2) is 198 Å². The summed E-state index contributed by atoms with van der Waals surface area (Å²) >= 11 is 1.45. The van der Waals surface area contributed by atoms with E-state index in [1.54, 1.807) is 60.7 Å². The molecule has 2 aliphatic heterocycles. The van der Waals surface area contributed by atoms with Crippen LogP contribution in [0.3, 0.4) is 0 Å². The Kier molecular flexibility index (Phi) is 33.9. The van der Waals surface area contributed by atoms with E-state index in [0.29, 0.717) is 55.4 Å². The maximum atomic E-state index is 14.7. The first kappa shape index (κ1) is 78.5. The molecule has 0 saturated carbocycles. The number of hydrogen-bond acceptors (Lipinski definition) is 17. The topological polar surface area (TPSA) is 519 Å². The van der Waals surface area contributed by atoms with E-state index in [1.165, 1.54) is 21.6 Å². The molecule has 0 bridgehead atoms. The molecule has 0 aromatic heterocycles. The van der Waals surface area contributed by atoms with Crippen LogP contribution < -0.4 is 82.7 Å². The van der Waals surface area contributed by atoms with Gasteiger partial charge in [-0.3, -0.25) is 67.3 Å². The average molecular weight is 1350 g/mol. The number of hydrogen-bond donors (Lipinski definition) is 15. The highest BCUT2D eigenvalue weighted by atomic mass is 32.2. The highest BCUT2D eigenvalue weighted by Gasteiger charge is 2.42. The summed E-state index contributed by atoms with van der Waals surface area (Å²) < 4.78 is 0. The minimum atomic E-state index is -1.64. The monoisotopic (exact) mass is 1350 g/mol. The highest BCUT2D eigenvalue weighted by molar-refractivity contribution is 7.98. The zero-order valence-electron chi connectivity index (χ0n) is 54.5. The number of thioether (sulfide) groups is 1. The van der Waals surface area contributed by atoms with Gasteiger partial charge in [-0.25, -0.2) is 0 Å². The zero-order chi connectivity index (χ0) is 70.1. The molecule has 22 N–H and O–H groups in total. The van der Waals surface area contributed by atoms with Crippen LogP contribution in [0.5, 0.6) is 0 Å². The van der Waals surface area contributed by atoms with Gasteiger partial charge in [0.15, 0.2) is 5.96 Å². The van der Waals surface area contributed by atoms with Gasteiger partial charge in [-0.15, -0.1) is 0 Å². The summed E-state index contributed by atoms with van der Waals surface area (Å²) in [6, 6.07) is 4.51. The number of nitrogens with two attached hydrogens (primary N) is 7. The molecule has 2 fully saturated rings. The van der Waals surface area contributed by atoms with Gasteiger partial charge in [-0.2, -0.15) is 11.8 Å². The van der Waals surface area contributed by atoms with Crippen LogP contribution in [0.1, 0.15) is 121 Å². The van der Waals surface area contributed by atoms with Crippen LogP contribution in [0.15, 0.2) is 65.7 Å². The third kappa shape index (κ3) is 27.5. The molecular weight excluding hydrogens is 1250 g/mol. The van der Waals surface area contributed by atoms with Crippen molar-refractivity contribution in [1.82, 2.24) is 52.3 Å². The van der Waals surface area contributed by atoms with Crippen molar-refractivity contribution in [2.45, 2.75) is 183 Å². The highest BCUT2D eigenvalue weighted by Crippen LogP contribution is 2.24. The van der Waals surface area contributed by atoms with Crippen molar-refractivity contribution in [3.63, 3.8) is 0 Å². The van der Waals surface area contributed by atoms with Crippen LogP contribution in [0.25, 0.3) is 0 Å². The third-order valence-corrected chi connectivity index (χ3v) is 16.7. The van der Waals surface area contributed by atoms with Crippen molar-refractivity contribution in [1.29, 1.82) is 0 Å². The minimum absolute atomic E-state index is 0.0736. The molecule has 2 aliphatic rings. The quantitative estimate of drug-likeness (QED) is 0.0173. The molecule has 0 spiro atoms. The Balaban J connectivity index is 1.56. The molecule has 2 aromatic rings. The summed E-state index contributed by atoms with van der Waals surface area (Å²) in [6.07, 6.45) is 3.12. The summed E-state index contributed by atoms with van der Waals surface area (Å²) in [5, 5.41) is 21.1.